The largest absolute Gasteiger partial charge is 0.453 e. The maximum absolute atomic E-state index is 12.8. The first kappa shape index (κ1) is 16.7. The molecule has 0 aliphatic carbocycles. The van der Waals surface area contributed by atoms with Crippen molar-refractivity contribution < 1.29 is 18.7 Å². The van der Waals surface area contributed by atoms with Gasteiger partial charge in [0.15, 0.2) is 6.10 Å². The van der Waals surface area contributed by atoms with Gasteiger partial charge in [0.2, 0.25) is 0 Å². The predicted molar refractivity (Wildman–Crippen MR) is 85.3 cm³/mol. The third kappa shape index (κ3) is 5.54. The minimum Gasteiger partial charge on any atom is -0.453 e. The summed E-state index contributed by atoms with van der Waals surface area (Å²) in [6.45, 7) is 1.52. The number of anilines is 1. The Labute approximate surface area is 134 Å². The lowest BCUT2D eigenvalue weighted by Crippen LogP contribution is -2.30. The van der Waals surface area contributed by atoms with Crippen LogP contribution in [0.3, 0.4) is 0 Å². The zero-order chi connectivity index (χ0) is 16.7. The molecule has 1 N–H and O–H groups in total. The molecule has 0 saturated carbocycles. The molecule has 1 atom stereocenters. The first-order chi connectivity index (χ1) is 11.0. The normalized spacial score (nSPS) is 11.6. The summed E-state index contributed by atoms with van der Waals surface area (Å²) in [5.74, 6) is -1.17. The van der Waals surface area contributed by atoms with Crippen molar-refractivity contribution in [1.82, 2.24) is 0 Å². The Morgan fingerprint density at radius 3 is 2.39 bits per heavy atom. The molecule has 0 heterocycles. The highest BCUT2D eigenvalue weighted by atomic mass is 19.1. The van der Waals surface area contributed by atoms with E-state index in [0.717, 1.165) is 5.56 Å². The Kier molecular flexibility index (Phi) is 5.86. The molecule has 0 saturated heterocycles. The number of rotatable bonds is 6. The third-order valence-corrected chi connectivity index (χ3v) is 3.25. The molecule has 0 unspecified atom stereocenters. The van der Waals surface area contributed by atoms with Crippen molar-refractivity contribution in [2.24, 2.45) is 0 Å². The van der Waals surface area contributed by atoms with Crippen LogP contribution in [0.5, 0.6) is 0 Å². The average molecular weight is 315 g/mol. The molecule has 2 aromatic rings. The fraction of sp³-hybridized carbons (Fsp3) is 0.222. The van der Waals surface area contributed by atoms with E-state index in [1.807, 2.05) is 6.07 Å². The van der Waals surface area contributed by atoms with E-state index < -0.39 is 12.1 Å². The van der Waals surface area contributed by atoms with Crippen LogP contribution in [0.15, 0.2) is 54.6 Å². The zero-order valence-corrected chi connectivity index (χ0v) is 12.8. The van der Waals surface area contributed by atoms with Gasteiger partial charge in [-0.2, -0.15) is 0 Å². The summed E-state index contributed by atoms with van der Waals surface area (Å²) >= 11 is 0. The number of ether oxygens (including phenoxy) is 1. The number of amides is 1. The number of para-hydroxylation sites is 1. The molecule has 0 aliphatic rings. The van der Waals surface area contributed by atoms with E-state index in [0.29, 0.717) is 12.1 Å². The van der Waals surface area contributed by atoms with E-state index in [4.69, 9.17) is 4.74 Å². The van der Waals surface area contributed by atoms with Crippen LogP contribution >= 0.6 is 0 Å². The Balaban J connectivity index is 1.77. The van der Waals surface area contributed by atoms with Crippen molar-refractivity contribution in [3.63, 3.8) is 0 Å². The van der Waals surface area contributed by atoms with Crippen molar-refractivity contribution in [3.8, 4) is 0 Å². The molecule has 120 valence electrons. The number of aryl methyl sites for hydroxylation is 1. The van der Waals surface area contributed by atoms with Crippen LogP contribution in [0.2, 0.25) is 0 Å². The number of nitrogens with one attached hydrogen (secondary N) is 1. The number of hydrogen-bond donors (Lipinski definition) is 1. The van der Waals surface area contributed by atoms with Crippen molar-refractivity contribution in [2.45, 2.75) is 25.9 Å². The number of carbonyl (C=O) groups excluding carboxylic acids is 2. The molecule has 0 radical (unpaired) electrons. The monoisotopic (exact) mass is 315 g/mol. The van der Waals surface area contributed by atoms with Gasteiger partial charge in [0.05, 0.1) is 0 Å². The maximum atomic E-state index is 12.8. The molecule has 4 nitrogen and oxygen atoms in total. The molecule has 0 bridgehead atoms. The number of carbonyl (C=O) groups is 2. The number of halogens is 1. The summed E-state index contributed by atoms with van der Waals surface area (Å²) in [6, 6.07) is 14.9. The van der Waals surface area contributed by atoms with Crippen molar-refractivity contribution in [1.29, 1.82) is 0 Å². The van der Waals surface area contributed by atoms with Gasteiger partial charge in [-0.1, -0.05) is 30.3 Å². The quantitative estimate of drug-likeness (QED) is 0.832. The number of benzene rings is 2. The van der Waals surface area contributed by atoms with Gasteiger partial charge in [0.25, 0.3) is 5.91 Å². The van der Waals surface area contributed by atoms with E-state index in [9.17, 15) is 14.0 Å². The summed E-state index contributed by atoms with van der Waals surface area (Å²) in [5, 5.41) is 2.67. The Hall–Kier alpha value is -2.69. The van der Waals surface area contributed by atoms with E-state index in [1.54, 1.807) is 36.4 Å². The van der Waals surface area contributed by atoms with Crippen LogP contribution in [-0.2, 0) is 20.7 Å². The Morgan fingerprint density at radius 2 is 1.74 bits per heavy atom. The summed E-state index contributed by atoms with van der Waals surface area (Å²) in [5.41, 5.74) is 1.48. The fourth-order valence-electron chi connectivity index (χ4n) is 1.97. The molecular formula is C18H18FNO3. The third-order valence-electron chi connectivity index (χ3n) is 3.25. The second kappa shape index (κ2) is 8.08. The van der Waals surface area contributed by atoms with E-state index >= 15 is 0 Å². The van der Waals surface area contributed by atoms with E-state index in [-0.39, 0.29) is 18.1 Å². The van der Waals surface area contributed by atoms with Crippen LogP contribution in [0.1, 0.15) is 18.9 Å². The van der Waals surface area contributed by atoms with Gasteiger partial charge in [-0.3, -0.25) is 9.59 Å². The molecule has 0 aromatic heterocycles. The van der Waals surface area contributed by atoms with Gasteiger partial charge in [-0.05, 0) is 43.2 Å². The lowest BCUT2D eigenvalue weighted by molar-refractivity contribution is -0.153. The van der Waals surface area contributed by atoms with Gasteiger partial charge in [-0.25, -0.2) is 4.39 Å². The second-order valence-corrected chi connectivity index (χ2v) is 5.11. The summed E-state index contributed by atoms with van der Waals surface area (Å²) < 4.78 is 17.9. The van der Waals surface area contributed by atoms with Crippen LogP contribution in [0.4, 0.5) is 10.1 Å². The van der Waals surface area contributed by atoms with Gasteiger partial charge in [0, 0.05) is 12.1 Å². The highest BCUT2D eigenvalue weighted by molar-refractivity contribution is 5.95. The molecule has 5 heteroatoms. The fourth-order valence-corrected chi connectivity index (χ4v) is 1.97. The first-order valence-electron chi connectivity index (χ1n) is 7.34. The summed E-state index contributed by atoms with van der Waals surface area (Å²) in [4.78, 5) is 23.7. The van der Waals surface area contributed by atoms with E-state index in [2.05, 4.69) is 5.32 Å². The van der Waals surface area contributed by atoms with Gasteiger partial charge in [-0.15, -0.1) is 0 Å². The van der Waals surface area contributed by atoms with Crippen LogP contribution in [0.25, 0.3) is 0 Å². The van der Waals surface area contributed by atoms with Gasteiger partial charge in [0.1, 0.15) is 5.82 Å². The summed E-state index contributed by atoms with van der Waals surface area (Å²) in [7, 11) is 0. The van der Waals surface area contributed by atoms with Crippen LogP contribution < -0.4 is 5.32 Å². The zero-order valence-electron chi connectivity index (χ0n) is 12.8. The Bertz CT molecular complexity index is 656. The highest BCUT2D eigenvalue weighted by Gasteiger charge is 2.17. The maximum Gasteiger partial charge on any atom is 0.306 e. The molecule has 2 rings (SSSR count). The minimum atomic E-state index is -0.879. The molecular weight excluding hydrogens is 297 g/mol. The average Bonchev–Trinajstić information content (AvgIpc) is 2.55. The van der Waals surface area contributed by atoms with Gasteiger partial charge >= 0.3 is 5.97 Å². The predicted octanol–water partition coefficient (Wildman–Crippen LogP) is 3.33. The standard InChI is InChI=1S/C18H18FNO3/c1-13(18(22)20-16-5-3-2-4-6-16)23-17(21)12-9-14-7-10-15(19)11-8-14/h2-8,10-11,13H,9,12H2,1H3,(H,20,22)/t13-/m1/s1. The smallest absolute Gasteiger partial charge is 0.306 e. The second-order valence-electron chi connectivity index (χ2n) is 5.11. The molecule has 1 amide bonds. The molecule has 0 aliphatic heterocycles. The van der Waals surface area contributed by atoms with Crippen molar-refractivity contribution >= 4 is 17.6 Å². The van der Waals surface area contributed by atoms with Crippen molar-refractivity contribution in [2.75, 3.05) is 5.32 Å². The molecule has 23 heavy (non-hydrogen) atoms. The minimum absolute atomic E-state index is 0.134. The topological polar surface area (TPSA) is 55.4 Å². The lowest BCUT2D eigenvalue weighted by atomic mass is 10.1. The number of esters is 1. The number of hydrogen-bond acceptors (Lipinski definition) is 3. The summed E-state index contributed by atoms with van der Waals surface area (Å²) in [6.07, 6.45) is -0.309. The lowest BCUT2D eigenvalue weighted by Gasteiger charge is -2.13. The van der Waals surface area contributed by atoms with Crippen molar-refractivity contribution in [3.05, 3.63) is 66.0 Å². The van der Waals surface area contributed by atoms with Gasteiger partial charge < -0.3 is 10.1 Å². The molecule has 0 spiro atoms. The van der Waals surface area contributed by atoms with Crippen LogP contribution in [0, 0.1) is 5.82 Å². The van der Waals surface area contributed by atoms with E-state index in [1.165, 1.54) is 19.1 Å². The molecule has 2 aromatic carbocycles. The first-order valence-corrected chi connectivity index (χ1v) is 7.34. The SMILES string of the molecule is C[C@@H](OC(=O)CCc1ccc(F)cc1)C(=O)Nc1ccccc1. The van der Waals surface area contributed by atoms with Crippen LogP contribution in [-0.4, -0.2) is 18.0 Å². The Morgan fingerprint density at radius 1 is 1.09 bits per heavy atom. The highest BCUT2D eigenvalue weighted by Crippen LogP contribution is 2.09. The molecule has 0 fully saturated rings.